The molecule has 7 nitrogen and oxygen atoms in total. The number of sulfonamides is 1. The SMILES string of the molecule is CC(=O)NCCNS(=O)(=O)c1cccc(C(=O)NC2CCC2)c1. The Kier molecular flexibility index (Phi) is 5.73. The third-order valence-corrected chi connectivity index (χ3v) is 5.10. The summed E-state index contributed by atoms with van der Waals surface area (Å²) in [4.78, 5) is 22.9. The molecule has 1 aliphatic carbocycles. The second kappa shape index (κ2) is 7.56. The van der Waals surface area contributed by atoms with E-state index in [9.17, 15) is 18.0 Å². The lowest BCUT2D eigenvalue weighted by Crippen LogP contribution is -2.39. The molecular weight excluding hydrogens is 318 g/mol. The molecular formula is C15H21N3O4S. The maximum absolute atomic E-state index is 12.2. The molecule has 0 heterocycles. The molecule has 1 aliphatic rings. The summed E-state index contributed by atoms with van der Waals surface area (Å²) in [7, 11) is -3.72. The monoisotopic (exact) mass is 339 g/mol. The van der Waals surface area contributed by atoms with Gasteiger partial charge in [-0.25, -0.2) is 13.1 Å². The average Bonchev–Trinajstić information content (AvgIpc) is 2.47. The Bertz CT molecular complexity index is 684. The van der Waals surface area contributed by atoms with E-state index in [4.69, 9.17) is 0 Å². The summed E-state index contributed by atoms with van der Waals surface area (Å²) in [6.07, 6.45) is 3.04. The van der Waals surface area contributed by atoms with Gasteiger partial charge in [0.25, 0.3) is 5.91 Å². The molecule has 8 heteroatoms. The van der Waals surface area contributed by atoms with Gasteiger partial charge in [0.2, 0.25) is 15.9 Å². The summed E-state index contributed by atoms with van der Waals surface area (Å²) in [6, 6.07) is 6.11. The third-order valence-electron chi connectivity index (χ3n) is 3.64. The lowest BCUT2D eigenvalue weighted by molar-refractivity contribution is -0.118. The predicted molar refractivity (Wildman–Crippen MR) is 85.4 cm³/mol. The highest BCUT2D eigenvalue weighted by molar-refractivity contribution is 7.89. The molecule has 2 rings (SSSR count). The van der Waals surface area contributed by atoms with E-state index in [0.717, 1.165) is 19.3 Å². The molecule has 1 aromatic rings. The summed E-state index contributed by atoms with van der Waals surface area (Å²) in [6.45, 7) is 1.65. The van der Waals surface area contributed by atoms with Gasteiger partial charge in [0, 0.05) is 31.6 Å². The largest absolute Gasteiger partial charge is 0.355 e. The first kappa shape index (κ1) is 17.4. The van der Waals surface area contributed by atoms with Crippen LogP contribution in [0.5, 0.6) is 0 Å². The van der Waals surface area contributed by atoms with E-state index in [2.05, 4.69) is 15.4 Å². The Morgan fingerprint density at radius 2 is 1.96 bits per heavy atom. The van der Waals surface area contributed by atoms with Crippen molar-refractivity contribution in [2.45, 2.75) is 37.1 Å². The van der Waals surface area contributed by atoms with Crippen molar-refractivity contribution < 1.29 is 18.0 Å². The molecule has 0 atom stereocenters. The highest BCUT2D eigenvalue weighted by Crippen LogP contribution is 2.19. The van der Waals surface area contributed by atoms with Crippen LogP contribution in [0.15, 0.2) is 29.2 Å². The van der Waals surface area contributed by atoms with E-state index in [1.165, 1.54) is 25.1 Å². The Morgan fingerprint density at radius 3 is 2.57 bits per heavy atom. The summed E-state index contributed by atoms with van der Waals surface area (Å²) in [5, 5.41) is 5.38. The summed E-state index contributed by atoms with van der Waals surface area (Å²) in [5.41, 5.74) is 0.321. The number of carbonyl (C=O) groups excluding carboxylic acids is 2. The van der Waals surface area contributed by atoms with E-state index < -0.39 is 10.0 Å². The van der Waals surface area contributed by atoms with Crippen molar-refractivity contribution in [2.75, 3.05) is 13.1 Å². The van der Waals surface area contributed by atoms with Gasteiger partial charge in [0.15, 0.2) is 0 Å². The maximum Gasteiger partial charge on any atom is 0.251 e. The fourth-order valence-corrected chi connectivity index (χ4v) is 3.21. The molecule has 2 amide bonds. The lowest BCUT2D eigenvalue weighted by atomic mass is 9.93. The molecule has 0 saturated heterocycles. The Hall–Kier alpha value is -1.93. The minimum atomic E-state index is -3.72. The first-order chi connectivity index (χ1) is 10.9. The van der Waals surface area contributed by atoms with Gasteiger partial charge in [-0.15, -0.1) is 0 Å². The van der Waals surface area contributed by atoms with Crippen molar-refractivity contribution in [1.29, 1.82) is 0 Å². The smallest absolute Gasteiger partial charge is 0.251 e. The number of carbonyl (C=O) groups is 2. The van der Waals surface area contributed by atoms with Crippen LogP contribution in [0, 0.1) is 0 Å². The molecule has 1 saturated carbocycles. The second-order valence-electron chi connectivity index (χ2n) is 5.51. The summed E-state index contributed by atoms with van der Waals surface area (Å²) >= 11 is 0. The Labute approximate surface area is 135 Å². The maximum atomic E-state index is 12.2. The van der Waals surface area contributed by atoms with Crippen LogP contribution in [0.4, 0.5) is 0 Å². The quantitative estimate of drug-likeness (QED) is 0.625. The number of benzene rings is 1. The van der Waals surface area contributed by atoms with Crippen molar-refractivity contribution in [3.8, 4) is 0 Å². The van der Waals surface area contributed by atoms with Crippen LogP contribution in [0.2, 0.25) is 0 Å². The van der Waals surface area contributed by atoms with Gasteiger partial charge in [-0.2, -0.15) is 0 Å². The molecule has 0 bridgehead atoms. The van der Waals surface area contributed by atoms with Crippen molar-refractivity contribution in [1.82, 2.24) is 15.4 Å². The van der Waals surface area contributed by atoms with Gasteiger partial charge in [-0.1, -0.05) is 6.07 Å². The molecule has 1 aromatic carbocycles. The lowest BCUT2D eigenvalue weighted by Gasteiger charge is -2.26. The molecule has 0 radical (unpaired) electrons. The molecule has 0 unspecified atom stereocenters. The van der Waals surface area contributed by atoms with E-state index in [1.54, 1.807) is 6.07 Å². The number of amides is 2. The van der Waals surface area contributed by atoms with Crippen LogP contribution >= 0.6 is 0 Å². The molecule has 0 aromatic heterocycles. The minimum absolute atomic E-state index is 0.0292. The van der Waals surface area contributed by atoms with Crippen LogP contribution in [-0.4, -0.2) is 39.4 Å². The Balaban J connectivity index is 1.99. The van der Waals surface area contributed by atoms with Crippen LogP contribution in [0.25, 0.3) is 0 Å². The predicted octanol–water partition coefficient (Wildman–Crippen LogP) is 0.383. The number of hydrogen-bond acceptors (Lipinski definition) is 4. The molecule has 0 spiro atoms. The molecule has 126 valence electrons. The van der Waals surface area contributed by atoms with Crippen molar-refractivity contribution in [3.63, 3.8) is 0 Å². The topological polar surface area (TPSA) is 104 Å². The van der Waals surface area contributed by atoms with Crippen LogP contribution in [0.1, 0.15) is 36.5 Å². The van der Waals surface area contributed by atoms with E-state index in [-0.39, 0.29) is 35.8 Å². The van der Waals surface area contributed by atoms with Crippen molar-refractivity contribution in [3.05, 3.63) is 29.8 Å². The zero-order valence-corrected chi connectivity index (χ0v) is 13.8. The van der Waals surface area contributed by atoms with Gasteiger partial charge in [0.1, 0.15) is 0 Å². The van der Waals surface area contributed by atoms with E-state index in [0.29, 0.717) is 5.56 Å². The molecule has 1 fully saturated rings. The minimum Gasteiger partial charge on any atom is -0.355 e. The average molecular weight is 339 g/mol. The highest BCUT2D eigenvalue weighted by Gasteiger charge is 2.21. The van der Waals surface area contributed by atoms with Crippen LogP contribution in [-0.2, 0) is 14.8 Å². The van der Waals surface area contributed by atoms with Crippen LogP contribution < -0.4 is 15.4 Å². The number of nitrogens with one attached hydrogen (secondary N) is 3. The molecule has 0 aliphatic heterocycles. The fraction of sp³-hybridized carbons (Fsp3) is 0.467. The second-order valence-corrected chi connectivity index (χ2v) is 7.28. The van der Waals surface area contributed by atoms with Gasteiger partial charge >= 0.3 is 0 Å². The first-order valence-corrected chi connectivity index (χ1v) is 9.02. The summed E-state index contributed by atoms with van der Waals surface area (Å²) < 4.78 is 26.8. The van der Waals surface area contributed by atoms with Crippen molar-refractivity contribution >= 4 is 21.8 Å². The first-order valence-electron chi connectivity index (χ1n) is 7.53. The molecule has 3 N–H and O–H groups in total. The summed E-state index contributed by atoms with van der Waals surface area (Å²) in [5.74, 6) is -0.483. The Morgan fingerprint density at radius 1 is 1.22 bits per heavy atom. The molecule has 23 heavy (non-hydrogen) atoms. The number of rotatable bonds is 7. The van der Waals surface area contributed by atoms with E-state index >= 15 is 0 Å². The van der Waals surface area contributed by atoms with E-state index in [1.807, 2.05) is 0 Å². The van der Waals surface area contributed by atoms with Gasteiger partial charge < -0.3 is 10.6 Å². The van der Waals surface area contributed by atoms with Gasteiger partial charge in [0.05, 0.1) is 4.90 Å². The number of hydrogen-bond donors (Lipinski definition) is 3. The van der Waals surface area contributed by atoms with Crippen LogP contribution in [0.3, 0.4) is 0 Å². The zero-order valence-electron chi connectivity index (χ0n) is 13.0. The van der Waals surface area contributed by atoms with Gasteiger partial charge in [-0.3, -0.25) is 9.59 Å². The third kappa shape index (κ3) is 5.04. The normalized spacial score (nSPS) is 14.8. The van der Waals surface area contributed by atoms with Gasteiger partial charge in [-0.05, 0) is 37.5 Å². The zero-order chi connectivity index (χ0) is 16.9. The standard InChI is InChI=1S/C15H21N3O4S/c1-11(19)16-8-9-17-23(21,22)14-7-2-4-12(10-14)15(20)18-13-5-3-6-13/h2,4,7,10,13,17H,3,5-6,8-9H2,1H3,(H,16,19)(H,18,20). The fourth-order valence-electron chi connectivity index (χ4n) is 2.13. The van der Waals surface area contributed by atoms with Crippen molar-refractivity contribution in [2.24, 2.45) is 0 Å². The highest BCUT2D eigenvalue weighted by atomic mass is 32.2.